The summed E-state index contributed by atoms with van der Waals surface area (Å²) in [4.78, 5) is 3.81. The van der Waals surface area contributed by atoms with Crippen molar-refractivity contribution in [3.8, 4) is 0 Å². The van der Waals surface area contributed by atoms with E-state index in [0.29, 0.717) is 18.9 Å². The summed E-state index contributed by atoms with van der Waals surface area (Å²) in [5, 5.41) is 12.4. The van der Waals surface area contributed by atoms with E-state index in [1.165, 1.54) is 0 Å². The van der Waals surface area contributed by atoms with E-state index >= 15 is 0 Å². The topological polar surface area (TPSA) is 68.4 Å². The van der Waals surface area contributed by atoms with E-state index in [1.54, 1.807) is 0 Å². The average Bonchev–Trinajstić information content (AvgIpc) is 2.89. The number of alkyl halides is 3. The molecular weight excluding hydrogens is 253 g/mol. The fraction of sp³-hybridized carbons (Fsp3) is 0.800. The molecule has 0 aliphatic carbocycles. The molecule has 0 aromatic carbocycles. The highest BCUT2D eigenvalue weighted by Crippen LogP contribution is 2.22. The van der Waals surface area contributed by atoms with Gasteiger partial charge >= 0.3 is 6.18 Å². The number of halogens is 3. The summed E-state index contributed by atoms with van der Waals surface area (Å²) < 4.78 is 46.3. The quantitative estimate of drug-likeness (QED) is 0.888. The van der Waals surface area contributed by atoms with Gasteiger partial charge in [0.2, 0.25) is 5.89 Å². The summed E-state index contributed by atoms with van der Waals surface area (Å²) in [5.74, 6) is 0.0964. The van der Waals surface area contributed by atoms with Crippen LogP contribution >= 0.6 is 0 Å². The number of aliphatic hydroxyl groups is 1. The minimum absolute atomic E-state index is 0.00277. The Bertz CT molecular complexity index is 388. The van der Waals surface area contributed by atoms with Crippen molar-refractivity contribution >= 4 is 0 Å². The van der Waals surface area contributed by atoms with Gasteiger partial charge in [0.25, 0.3) is 0 Å². The molecule has 0 radical (unpaired) electrons. The molecule has 1 N–H and O–H groups in total. The molecule has 8 heteroatoms. The van der Waals surface area contributed by atoms with Crippen molar-refractivity contribution in [2.75, 3.05) is 6.61 Å². The van der Waals surface area contributed by atoms with E-state index in [2.05, 4.69) is 14.7 Å². The maximum atomic E-state index is 12.1. The maximum absolute atomic E-state index is 12.1. The second-order valence-corrected chi connectivity index (χ2v) is 4.21. The number of aromatic nitrogens is 2. The fourth-order valence-electron chi connectivity index (χ4n) is 1.75. The Kier molecular flexibility index (Phi) is 3.86. The molecule has 18 heavy (non-hydrogen) atoms. The molecule has 2 heterocycles. The Balaban J connectivity index is 1.89. The maximum Gasteiger partial charge on any atom is 0.414 e. The van der Waals surface area contributed by atoms with Gasteiger partial charge in [0.15, 0.2) is 11.9 Å². The fourth-order valence-corrected chi connectivity index (χ4v) is 1.75. The zero-order valence-electron chi connectivity index (χ0n) is 9.48. The molecule has 2 rings (SSSR count). The highest BCUT2D eigenvalue weighted by atomic mass is 19.4. The number of rotatable bonds is 4. The minimum Gasteiger partial charge on any atom is -0.383 e. The van der Waals surface area contributed by atoms with Crippen LogP contribution < -0.4 is 0 Å². The zero-order valence-corrected chi connectivity index (χ0v) is 9.48. The molecule has 102 valence electrons. The Morgan fingerprint density at radius 3 is 2.83 bits per heavy atom. The molecule has 5 nitrogen and oxygen atoms in total. The lowest BCUT2D eigenvalue weighted by Crippen LogP contribution is -2.30. The van der Waals surface area contributed by atoms with Crippen LogP contribution in [-0.4, -0.2) is 40.2 Å². The van der Waals surface area contributed by atoms with E-state index in [-0.39, 0.29) is 12.0 Å². The predicted molar refractivity (Wildman–Crippen MR) is 52.7 cm³/mol. The molecular formula is C10H13F3N2O3. The van der Waals surface area contributed by atoms with E-state index in [1.807, 2.05) is 0 Å². The van der Waals surface area contributed by atoms with Gasteiger partial charge < -0.3 is 14.4 Å². The molecule has 1 aromatic rings. The Hall–Kier alpha value is -1.15. The summed E-state index contributed by atoms with van der Waals surface area (Å²) in [6.07, 6.45) is -5.61. The lowest BCUT2D eigenvalue weighted by Gasteiger charge is -2.11. The van der Waals surface area contributed by atoms with Crippen molar-refractivity contribution in [2.24, 2.45) is 0 Å². The standard InChI is InChI=1S/C10H13F3N2O3/c11-10(12,13)7(16)5-9-14-8(15-18-9)4-6-2-1-3-17-6/h6-7,16H,1-5H2. The van der Waals surface area contributed by atoms with Crippen molar-refractivity contribution in [1.29, 1.82) is 0 Å². The second-order valence-electron chi connectivity index (χ2n) is 4.21. The molecule has 2 unspecified atom stereocenters. The lowest BCUT2D eigenvalue weighted by atomic mass is 10.2. The van der Waals surface area contributed by atoms with Crippen LogP contribution in [0, 0.1) is 0 Å². The van der Waals surface area contributed by atoms with Crippen LogP contribution in [0.1, 0.15) is 24.6 Å². The Morgan fingerprint density at radius 2 is 2.22 bits per heavy atom. The van der Waals surface area contributed by atoms with E-state index in [0.717, 1.165) is 12.8 Å². The number of aliphatic hydroxyl groups excluding tert-OH is 1. The van der Waals surface area contributed by atoms with Gasteiger partial charge in [0.05, 0.1) is 12.5 Å². The van der Waals surface area contributed by atoms with Crippen molar-refractivity contribution in [2.45, 2.75) is 44.1 Å². The molecule has 0 amide bonds. The first-order chi connectivity index (χ1) is 8.45. The van der Waals surface area contributed by atoms with Crippen molar-refractivity contribution < 1.29 is 27.5 Å². The van der Waals surface area contributed by atoms with E-state index in [4.69, 9.17) is 9.84 Å². The van der Waals surface area contributed by atoms with E-state index < -0.39 is 18.7 Å². The number of nitrogens with zero attached hydrogens (tertiary/aromatic N) is 2. The summed E-state index contributed by atoms with van der Waals surface area (Å²) in [5.41, 5.74) is 0. The zero-order chi connectivity index (χ0) is 13.2. The molecule has 1 fully saturated rings. The first kappa shape index (κ1) is 13.3. The first-order valence-corrected chi connectivity index (χ1v) is 5.63. The molecule has 2 atom stereocenters. The van der Waals surface area contributed by atoms with Crippen LogP contribution in [0.3, 0.4) is 0 Å². The third-order valence-electron chi connectivity index (χ3n) is 2.69. The van der Waals surface area contributed by atoms with Gasteiger partial charge in [0.1, 0.15) is 0 Å². The van der Waals surface area contributed by atoms with Gasteiger partial charge in [-0.3, -0.25) is 0 Å². The van der Waals surface area contributed by atoms with Gasteiger partial charge in [-0.1, -0.05) is 5.16 Å². The van der Waals surface area contributed by atoms with Crippen molar-refractivity contribution in [3.05, 3.63) is 11.7 Å². The molecule has 1 aromatic heterocycles. The highest BCUT2D eigenvalue weighted by Gasteiger charge is 2.39. The summed E-state index contributed by atoms with van der Waals surface area (Å²) in [6.45, 7) is 0.683. The van der Waals surface area contributed by atoms with Gasteiger partial charge in [-0.2, -0.15) is 18.2 Å². The summed E-state index contributed by atoms with van der Waals surface area (Å²) >= 11 is 0. The monoisotopic (exact) mass is 266 g/mol. The third kappa shape index (κ3) is 3.42. The van der Waals surface area contributed by atoms with Crippen LogP contribution in [-0.2, 0) is 17.6 Å². The van der Waals surface area contributed by atoms with Crippen LogP contribution in [0.2, 0.25) is 0 Å². The van der Waals surface area contributed by atoms with E-state index in [9.17, 15) is 13.2 Å². The number of hydrogen-bond donors (Lipinski definition) is 1. The van der Waals surface area contributed by atoms with Gasteiger partial charge in [-0.05, 0) is 12.8 Å². The van der Waals surface area contributed by atoms with Gasteiger partial charge in [0, 0.05) is 13.0 Å². The smallest absolute Gasteiger partial charge is 0.383 e. The second kappa shape index (κ2) is 5.23. The Labute approximate surface area is 101 Å². The molecule has 0 bridgehead atoms. The number of ether oxygens (including phenoxy) is 1. The number of hydrogen-bond acceptors (Lipinski definition) is 5. The molecule has 1 aliphatic rings. The van der Waals surface area contributed by atoms with Crippen LogP contribution in [0.5, 0.6) is 0 Å². The average molecular weight is 266 g/mol. The van der Waals surface area contributed by atoms with Crippen LogP contribution in [0.25, 0.3) is 0 Å². The third-order valence-corrected chi connectivity index (χ3v) is 2.69. The molecule has 0 saturated carbocycles. The van der Waals surface area contributed by atoms with Crippen LogP contribution in [0.4, 0.5) is 13.2 Å². The molecule has 0 spiro atoms. The van der Waals surface area contributed by atoms with Crippen molar-refractivity contribution in [1.82, 2.24) is 10.1 Å². The minimum atomic E-state index is -4.68. The molecule has 1 saturated heterocycles. The largest absolute Gasteiger partial charge is 0.414 e. The normalized spacial score (nSPS) is 22.3. The summed E-state index contributed by atoms with van der Waals surface area (Å²) in [6, 6.07) is 0. The first-order valence-electron chi connectivity index (χ1n) is 5.63. The van der Waals surface area contributed by atoms with Gasteiger partial charge in [-0.25, -0.2) is 0 Å². The highest BCUT2D eigenvalue weighted by molar-refractivity contribution is 4.92. The lowest BCUT2D eigenvalue weighted by molar-refractivity contribution is -0.204. The summed E-state index contributed by atoms with van der Waals surface area (Å²) in [7, 11) is 0. The molecule has 1 aliphatic heterocycles. The van der Waals surface area contributed by atoms with Gasteiger partial charge in [-0.15, -0.1) is 0 Å². The SMILES string of the molecule is OC(Cc1nc(CC2CCCO2)no1)C(F)(F)F. The van der Waals surface area contributed by atoms with Crippen LogP contribution in [0.15, 0.2) is 4.52 Å². The Morgan fingerprint density at radius 1 is 1.44 bits per heavy atom. The van der Waals surface area contributed by atoms with Crippen molar-refractivity contribution in [3.63, 3.8) is 0 Å². The predicted octanol–water partition coefficient (Wildman–Crippen LogP) is 1.26.